The topological polar surface area (TPSA) is 59.9 Å². The van der Waals surface area contributed by atoms with E-state index in [1.54, 1.807) is 6.07 Å². The van der Waals surface area contributed by atoms with Crippen molar-refractivity contribution in [3.63, 3.8) is 0 Å². The summed E-state index contributed by atoms with van der Waals surface area (Å²) in [6.07, 6.45) is 0.400. The summed E-state index contributed by atoms with van der Waals surface area (Å²) in [5.74, 6) is -0.0522. The van der Waals surface area contributed by atoms with Gasteiger partial charge in [0.1, 0.15) is 5.75 Å². The number of alkyl halides is 2. The minimum absolute atomic E-state index is 0.0522. The Bertz CT molecular complexity index is 455. The Morgan fingerprint density at radius 1 is 1.56 bits per heavy atom. The molecule has 5 nitrogen and oxygen atoms in total. The minimum atomic E-state index is -2.94. The van der Waals surface area contributed by atoms with Crippen LogP contribution in [0.1, 0.15) is 5.56 Å². The first-order valence-corrected chi connectivity index (χ1v) is 5.43. The van der Waals surface area contributed by atoms with E-state index < -0.39 is 12.7 Å². The number of benzene rings is 1. The first-order valence-electron chi connectivity index (χ1n) is 4.64. The van der Waals surface area contributed by atoms with E-state index in [1.165, 1.54) is 25.5 Å². The maximum Gasteiger partial charge on any atom is 0.427 e. The summed E-state index contributed by atoms with van der Waals surface area (Å²) in [4.78, 5) is 10.7. The lowest BCUT2D eigenvalue weighted by atomic mass is 10.2. The van der Waals surface area contributed by atoms with Crippen molar-refractivity contribution in [1.29, 1.82) is 0 Å². The summed E-state index contributed by atoms with van der Waals surface area (Å²) in [7, 11) is 1.18. The van der Waals surface area contributed by atoms with Crippen molar-refractivity contribution in [1.82, 2.24) is 5.43 Å². The SMILES string of the molecule is COC(=O)N/N=C\c1cc(Br)ccc1OC(F)F. The van der Waals surface area contributed by atoms with Crippen LogP contribution in [-0.4, -0.2) is 26.0 Å². The zero-order valence-corrected chi connectivity index (χ0v) is 10.8. The quantitative estimate of drug-likeness (QED) is 0.685. The highest BCUT2D eigenvalue weighted by Crippen LogP contribution is 2.23. The summed E-state index contributed by atoms with van der Waals surface area (Å²) in [5.41, 5.74) is 2.31. The van der Waals surface area contributed by atoms with Gasteiger partial charge in [-0.25, -0.2) is 10.2 Å². The van der Waals surface area contributed by atoms with Gasteiger partial charge in [-0.05, 0) is 18.2 Å². The Kier molecular flexibility index (Phi) is 5.50. The third kappa shape index (κ3) is 4.66. The smallest absolute Gasteiger partial charge is 0.427 e. The number of hydrogen-bond donors (Lipinski definition) is 1. The summed E-state index contributed by atoms with van der Waals surface area (Å²) < 4.78 is 33.5. The monoisotopic (exact) mass is 322 g/mol. The van der Waals surface area contributed by atoms with Crippen LogP contribution in [0, 0.1) is 0 Å². The molecule has 1 N–H and O–H groups in total. The lowest BCUT2D eigenvalue weighted by molar-refractivity contribution is -0.0499. The first-order chi connectivity index (χ1) is 8.52. The number of hydrazone groups is 1. The second kappa shape index (κ2) is 6.90. The van der Waals surface area contributed by atoms with Crippen molar-refractivity contribution in [2.24, 2.45) is 5.10 Å². The van der Waals surface area contributed by atoms with Crippen molar-refractivity contribution < 1.29 is 23.0 Å². The van der Waals surface area contributed by atoms with E-state index in [9.17, 15) is 13.6 Å². The van der Waals surface area contributed by atoms with Crippen molar-refractivity contribution in [3.8, 4) is 5.75 Å². The maximum absolute atomic E-state index is 12.1. The molecule has 0 saturated carbocycles. The Labute approximate surface area is 110 Å². The van der Waals surface area contributed by atoms with Gasteiger partial charge in [0.05, 0.1) is 13.3 Å². The van der Waals surface area contributed by atoms with Crippen LogP contribution in [0.4, 0.5) is 13.6 Å². The summed E-state index contributed by atoms with van der Waals surface area (Å²) in [5, 5.41) is 3.53. The fourth-order valence-electron chi connectivity index (χ4n) is 1.02. The molecule has 0 spiro atoms. The van der Waals surface area contributed by atoms with Crippen LogP contribution < -0.4 is 10.2 Å². The largest absolute Gasteiger partial charge is 0.452 e. The fraction of sp³-hybridized carbons (Fsp3) is 0.200. The molecule has 0 aliphatic carbocycles. The van der Waals surface area contributed by atoms with Crippen molar-refractivity contribution in [3.05, 3.63) is 28.2 Å². The average molecular weight is 323 g/mol. The average Bonchev–Trinajstić information content (AvgIpc) is 2.31. The molecule has 98 valence electrons. The van der Waals surface area contributed by atoms with Crippen LogP contribution >= 0.6 is 15.9 Å². The van der Waals surface area contributed by atoms with Gasteiger partial charge in [0.2, 0.25) is 0 Å². The Morgan fingerprint density at radius 2 is 2.28 bits per heavy atom. The van der Waals surface area contributed by atoms with Crippen molar-refractivity contribution in [2.75, 3.05) is 7.11 Å². The normalized spacial score (nSPS) is 10.7. The van der Waals surface area contributed by atoms with Gasteiger partial charge in [0, 0.05) is 10.0 Å². The van der Waals surface area contributed by atoms with E-state index in [-0.39, 0.29) is 11.3 Å². The van der Waals surface area contributed by atoms with E-state index in [0.29, 0.717) is 4.47 Å². The van der Waals surface area contributed by atoms with Gasteiger partial charge in [-0.15, -0.1) is 0 Å². The predicted octanol–water partition coefficient (Wildman–Crippen LogP) is 2.74. The van der Waals surface area contributed by atoms with Gasteiger partial charge in [0.25, 0.3) is 0 Å². The number of carbonyl (C=O) groups excluding carboxylic acids is 1. The molecule has 0 saturated heterocycles. The molecule has 0 aliphatic rings. The zero-order valence-electron chi connectivity index (χ0n) is 9.19. The number of nitrogens with one attached hydrogen (secondary N) is 1. The second-order valence-corrected chi connectivity index (χ2v) is 3.84. The molecule has 0 fully saturated rings. The summed E-state index contributed by atoms with van der Waals surface area (Å²) in [6.45, 7) is -2.94. The molecular formula is C10H9BrF2N2O3. The Hall–Kier alpha value is -1.70. The number of rotatable bonds is 4. The van der Waals surface area contributed by atoms with Crippen LogP contribution in [0.3, 0.4) is 0 Å². The van der Waals surface area contributed by atoms with E-state index in [1.807, 2.05) is 5.43 Å². The van der Waals surface area contributed by atoms with E-state index >= 15 is 0 Å². The molecule has 0 aliphatic heterocycles. The summed E-state index contributed by atoms with van der Waals surface area (Å²) in [6, 6.07) is 4.42. The molecule has 0 atom stereocenters. The first kappa shape index (κ1) is 14.4. The third-order valence-corrected chi connectivity index (χ3v) is 2.23. The van der Waals surface area contributed by atoms with Gasteiger partial charge in [0.15, 0.2) is 0 Å². The number of hydrogen-bond acceptors (Lipinski definition) is 4. The lowest BCUT2D eigenvalue weighted by Crippen LogP contribution is -2.16. The van der Waals surface area contributed by atoms with Crippen molar-refractivity contribution in [2.45, 2.75) is 6.61 Å². The van der Waals surface area contributed by atoms with E-state index in [4.69, 9.17) is 0 Å². The van der Waals surface area contributed by atoms with Crippen molar-refractivity contribution >= 4 is 28.2 Å². The maximum atomic E-state index is 12.1. The van der Waals surface area contributed by atoms with E-state index in [0.717, 1.165) is 0 Å². The van der Waals surface area contributed by atoms with Gasteiger partial charge in [-0.2, -0.15) is 13.9 Å². The van der Waals surface area contributed by atoms with Crippen LogP contribution in [0.25, 0.3) is 0 Å². The number of nitrogens with zero attached hydrogens (tertiary/aromatic N) is 1. The number of carbonyl (C=O) groups is 1. The van der Waals surface area contributed by atoms with Gasteiger partial charge < -0.3 is 9.47 Å². The molecule has 1 aromatic carbocycles. The molecule has 18 heavy (non-hydrogen) atoms. The van der Waals surface area contributed by atoms with E-state index in [2.05, 4.69) is 30.5 Å². The highest BCUT2D eigenvalue weighted by Gasteiger charge is 2.08. The fourth-order valence-corrected chi connectivity index (χ4v) is 1.40. The summed E-state index contributed by atoms with van der Waals surface area (Å²) >= 11 is 3.18. The Balaban J connectivity index is 2.84. The molecule has 1 amide bonds. The number of ether oxygens (including phenoxy) is 2. The number of methoxy groups -OCH3 is 1. The highest BCUT2D eigenvalue weighted by atomic mass is 79.9. The van der Waals surface area contributed by atoms with Gasteiger partial charge >= 0.3 is 12.7 Å². The molecule has 0 heterocycles. The second-order valence-electron chi connectivity index (χ2n) is 2.92. The lowest BCUT2D eigenvalue weighted by Gasteiger charge is -2.07. The molecular weight excluding hydrogens is 314 g/mol. The van der Waals surface area contributed by atoms with Crippen LogP contribution in [-0.2, 0) is 4.74 Å². The molecule has 1 rings (SSSR count). The molecule has 8 heteroatoms. The standard InChI is InChI=1S/C10H9BrF2N2O3/c1-17-10(16)15-14-5-6-4-7(11)2-3-8(6)18-9(12)13/h2-5,9H,1H3,(H,15,16)/b14-5-. The number of halogens is 3. The molecule has 0 radical (unpaired) electrons. The van der Waals surface area contributed by atoms with Crippen LogP contribution in [0.15, 0.2) is 27.8 Å². The van der Waals surface area contributed by atoms with Crippen LogP contribution in [0.5, 0.6) is 5.75 Å². The third-order valence-electron chi connectivity index (χ3n) is 1.73. The van der Waals surface area contributed by atoms with Gasteiger partial charge in [-0.1, -0.05) is 15.9 Å². The highest BCUT2D eigenvalue weighted by molar-refractivity contribution is 9.10. The van der Waals surface area contributed by atoms with Crippen LogP contribution in [0.2, 0.25) is 0 Å². The molecule has 1 aromatic rings. The number of amides is 1. The molecule has 0 unspecified atom stereocenters. The van der Waals surface area contributed by atoms with Gasteiger partial charge in [-0.3, -0.25) is 0 Å². The zero-order chi connectivity index (χ0) is 13.5. The minimum Gasteiger partial charge on any atom is -0.452 e. The predicted molar refractivity (Wildman–Crippen MR) is 63.9 cm³/mol. The Morgan fingerprint density at radius 3 is 2.89 bits per heavy atom. The molecule has 0 bridgehead atoms. The molecule has 0 aromatic heterocycles.